The van der Waals surface area contributed by atoms with E-state index >= 15 is 0 Å². The van der Waals surface area contributed by atoms with Gasteiger partial charge in [0.15, 0.2) is 0 Å². The number of rotatable bonds is 5. The van der Waals surface area contributed by atoms with Crippen molar-refractivity contribution >= 4 is 29.2 Å². The van der Waals surface area contributed by atoms with Crippen molar-refractivity contribution in [1.29, 1.82) is 0 Å². The predicted octanol–water partition coefficient (Wildman–Crippen LogP) is 2.80. The van der Waals surface area contributed by atoms with E-state index < -0.39 is 0 Å². The van der Waals surface area contributed by atoms with Crippen molar-refractivity contribution < 1.29 is 9.59 Å². The second-order valence-corrected chi connectivity index (χ2v) is 5.22. The van der Waals surface area contributed by atoms with E-state index in [1.54, 1.807) is 36.5 Å². The molecular weight excluding hydrogens is 302 g/mol. The molecule has 0 saturated heterocycles. The van der Waals surface area contributed by atoms with Crippen LogP contribution < -0.4 is 10.6 Å². The quantitative estimate of drug-likeness (QED) is 0.890. The first-order valence-electron chi connectivity index (χ1n) is 6.81. The van der Waals surface area contributed by atoms with Gasteiger partial charge in [0.1, 0.15) is 5.82 Å². The highest BCUT2D eigenvalue weighted by molar-refractivity contribution is 6.30. The molecule has 0 saturated carbocycles. The zero-order valence-corrected chi connectivity index (χ0v) is 12.9. The third-order valence-electron chi connectivity index (χ3n) is 2.93. The number of benzene rings is 1. The van der Waals surface area contributed by atoms with E-state index in [4.69, 9.17) is 11.6 Å². The number of carbonyl (C=O) groups excluding carboxylic acids is 2. The molecule has 0 spiro atoms. The van der Waals surface area contributed by atoms with E-state index in [1.165, 1.54) is 0 Å². The van der Waals surface area contributed by atoms with Crippen LogP contribution in [0.4, 0.5) is 5.82 Å². The van der Waals surface area contributed by atoms with Crippen molar-refractivity contribution in [1.82, 2.24) is 10.3 Å². The van der Waals surface area contributed by atoms with Crippen molar-refractivity contribution in [2.45, 2.75) is 13.3 Å². The maximum absolute atomic E-state index is 11.8. The van der Waals surface area contributed by atoms with Crippen molar-refractivity contribution in [3.8, 4) is 0 Å². The normalized spacial score (nSPS) is 10.1. The lowest BCUT2D eigenvalue weighted by atomic mass is 10.2. The Morgan fingerprint density at radius 1 is 1.18 bits per heavy atom. The number of hydrogen-bond acceptors (Lipinski definition) is 3. The standard InChI is InChI=1S/C16H16ClN3O2/c1-11-6-8-18-14(10-11)20-15(21)7-9-19-16(22)12-2-4-13(17)5-3-12/h2-6,8,10H,7,9H2,1H3,(H,19,22)(H,18,20,21). The Balaban J connectivity index is 1.77. The van der Waals surface area contributed by atoms with Crippen LogP contribution >= 0.6 is 11.6 Å². The van der Waals surface area contributed by atoms with Crippen LogP contribution in [-0.4, -0.2) is 23.3 Å². The van der Waals surface area contributed by atoms with Gasteiger partial charge in [0.2, 0.25) is 5.91 Å². The molecule has 6 heteroatoms. The number of hydrogen-bond donors (Lipinski definition) is 2. The van der Waals surface area contributed by atoms with Crippen LogP contribution in [-0.2, 0) is 4.79 Å². The molecule has 0 unspecified atom stereocenters. The summed E-state index contributed by atoms with van der Waals surface area (Å²) in [5.74, 6) is 0.0710. The van der Waals surface area contributed by atoms with Gasteiger partial charge in [-0.3, -0.25) is 9.59 Å². The summed E-state index contributed by atoms with van der Waals surface area (Å²) in [7, 11) is 0. The van der Waals surface area contributed by atoms with E-state index in [-0.39, 0.29) is 24.8 Å². The van der Waals surface area contributed by atoms with Gasteiger partial charge in [0.25, 0.3) is 5.91 Å². The van der Waals surface area contributed by atoms with Crippen LogP contribution in [0.1, 0.15) is 22.3 Å². The minimum Gasteiger partial charge on any atom is -0.352 e. The fraction of sp³-hybridized carbons (Fsp3) is 0.188. The summed E-state index contributed by atoms with van der Waals surface area (Å²) >= 11 is 5.76. The van der Waals surface area contributed by atoms with E-state index in [0.29, 0.717) is 16.4 Å². The number of nitrogens with zero attached hydrogens (tertiary/aromatic N) is 1. The number of amides is 2. The monoisotopic (exact) mass is 317 g/mol. The van der Waals surface area contributed by atoms with Crippen LogP contribution in [0.2, 0.25) is 5.02 Å². The van der Waals surface area contributed by atoms with Crippen molar-refractivity contribution in [2.75, 3.05) is 11.9 Å². The molecule has 2 amide bonds. The fourth-order valence-electron chi connectivity index (χ4n) is 1.80. The Hall–Kier alpha value is -2.40. The van der Waals surface area contributed by atoms with Gasteiger partial charge in [-0.2, -0.15) is 0 Å². The summed E-state index contributed by atoms with van der Waals surface area (Å²) in [5, 5.41) is 5.94. The first kappa shape index (κ1) is 16.0. The molecule has 0 bridgehead atoms. The van der Waals surface area contributed by atoms with Crippen LogP contribution in [0.5, 0.6) is 0 Å². The number of anilines is 1. The van der Waals surface area contributed by atoms with Gasteiger partial charge >= 0.3 is 0 Å². The highest BCUT2D eigenvalue weighted by atomic mass is 35.5. The van der Waals surface area contributed by atoms with Crippen molar-refractivity contribution in [2.24, 2.45) is 0 Å². The Kier molecular flexibility index (Phi) is 5.49. The van der Waals surface area contributed by atoms with Gasteiger partial charge in [-0.15, -0.1) is 0 Å². The molecule has 22 heavy (non-hydrogen) atoms. The molecule has 0 radical (unpaired) electrons. The molecule has 5 nitrogen and oxygen atoms in total. The van der Waals surface area contributed by atoms with E-state index in [9.17, 15) is 9.59 Å². The van der Waals surface area contributed by atoms with Crippen LogP contribution in [0.25, 0.3) is 0 Å². The average molecular weight is 318 g/mol. The van der Waals surface area contributed by atoms with Crippen LogP contribution in [0.3, 0.4) is 0 Å². The molecule has 2 aromatic rings. The Labute approximate surface area is 133 Å². The van der Waals surface area contributed by atoms with Gasteiger partial charge in [-0.25, -0.2) is 4.98 Å². The molecule has 0 fully saturated rings. The Morgan fingerprint density at radius 3 is 2.59 bits per heavy atom. The molecule has 0 aliphatic carbocycles. The van der Waals surface area contributed by atoms with Gasteiger partial charge in [0.05, 0.1) is 0 Å². The third-order valence-corrected chi connectivity index (χ3v) is 3.18. The Bertz CT molecular complexity index is 671. The second-order valence-electron chi connectivity index (χ2n) is 4.78. The summed E-state index contributed by atoms with van der Waals surface area (Å²) in [5.41, 5.74) is 1.52. The van der Waals surface area contributed by atoms with Gasteiger partial charge in [0, 0.05) is 29.7 Å². The number of halogens is 1. The number of aryl methyl sites for hydroxylation is 1. The van der Waals surface area contributed by atoms with Crippen LogP contribution in [0, 0.1) is 6.92 Å². The highest BCUT2D eigenvalue weighted by Gasteiger charge is 2.07. The van der Waals surface area contributed by atoms with E-state index in [2.05, 4.69) is 15.6 Å². The third kappa shape index (κ3) is 4.86. The SMILES string of the molecule is Cc1ccnc(NC(=O)CCNC(=O)c2ccc(Cl)cc2)c1. The number of carbonyl (C=O) groups is 2. The molecule has 1 aromatic carbocycles. The second kappa shape index (κ2) is 7.56. The lowest BCUT2D eigenvalue weighted by Gasteiger charge is -2.07. The smallest absolute Gasteiger partial charge is 0.251 e. The molecule has 114 valence electrons. The van der Waals surface area contributed by atoms with Crippen LogP contribution in [0.15, 0.2) is 42.6 Å². The lowest BCUT2D eigenvalue weighted by molar-refractivity contribution is -0.116. The first-order valence-corrected chi connectivity index (χ1v) is 7.18. The molecule has 2 rings (SSSR count). The molecule has 2 N–H and O–H groups in total. The zero-order valence-electron chi connectivity index (χ0n) is 12.1. The number of aromatic nitrogens is 1. The van der Waals surface area contributed by atoms with Crippen molar-refractivity contribution in [3.05, 3.63) is 58.7 Å². The van der Waals surface area contributed by atoms with Gasteiger partial charge < -0.3 is 10.6 Å². The predicted molar refractivity (Wildman–Crippen MR) is 86.0 cm³/mol. The summed E-state index contributed by atoms with van der Waals surface area (Å²) in [4.78, 5) is 27.7. The summed E-state index contributed by atoms with van der Waals surface area (Å²) in [6, 6.07) is 10.2. The first-order chi connectivity index (χ1) is 10.5. The van der Waals surface area contributed by atoms with Gasteiger partial charge in [-0.1, -0.05) is 11.6 Å². The topological polar surface area (TPSA) is 71.1 Å². The van der Waals surface area contributed by atoms with Crippen molar-refractivity contribution in [3.63, 3.8) is 0 Å². The molecule has 0 atom stereocenters. The maximum Gasteiger partial charge on any atom is 0.251 e. The number of nitrogens with one attached hydrogen (secondary N) is 2. The highest BCUT2D eigenvalue weighted by Crippen LogP contribution is 2.09. The summed E-state index contributed by atoms with van der Waals surface area (Å²) < 4.78 is 0. The number of pyridine rings is 1. The Morgan fingerprint density at radius 2 is 1.91 bits per heavy atom. The molecule has 0 aliphatic rings. The van der Waals surface area contributed by atoms with E-state index in [1.807, 2.05) is 13.0 Å². The van der Waals surface area contributed by atoms with Gasteiger partial charge in [-0.05, 0) is 48.9 Å². The largest absolute Gasteiger partial charge is 0.352 e. The molecular formula is C16H16ClN3O2. The summed E-state index contributed by atoms with van der Waals surface area (Å²) in [6.07, 6.45) is 1.81. The maximum atomic E-state index is 11.8. The molecule has 0 aliphatic heterocycles. The molecule has 1 heterocycles. The fourth-order valence-corrected chi connectivity index (χ4v) is 1.93. The lowest BCUT2D eigenvalue weighted by Crippen LogP contribution is -2.27. The van der Waals surface area contributed by atoms with E-state index in [0.717, 1.165) is 5.56 Å². The minimum atomic E-state index is -0.238. The zero-order chi connectivity index (χ0) is 15.9. The minimum absolute atomic E-state index is 0.176. The average Bonchev–Trinajstić information content (AvgIpc) is 2.47. The summed E-state index contributed by atoms with van der Waals surface area (Å²) in [6.45, 7) is 2.17. The molecule has 1 aromatic heterocycles.